The Hall–Kier alpha value is -4.24. The number of fused-ring (bicyclic) bond motifs is 1. The Labute approximate surface area is 244 Å². The Morgan fingerprint density at radius 3 is 2.20 bits per heavy atom. The quantitative estimate of drug-likeness (QED) is 0.160. The molecule has 6 rings (SSSR count). The summed E-state index contributed by atoms with van der Waals surface area (Å²) < 4.78 is 2.02. The lowest BCUT2D eigenvalue weighted by atomic mass is 10.1. The van der Waals surface area contributed by atoms with Crippen LogP contribution in [0.3, 0.4) is 0 Å². The molecule has 2 heterocycles. The first-order valence-corrected chi connectivity index (χ1v) is 14.7. The summed E-state index contributed by atoms with van der Waals surface area (Å²) in [4.78, 5) is 23.3. The van der Waals surface area contributed by atoms with Crippen molar-refractivity contribution in [1.82, 2.24) is 20.0 Å². The van der Waals surface area contributed by atoms with Gasteiger partial charge in [-0.25, -0.2) is 15.4 Å². The summed E-state index contributed by atoms with van der Waals surface area (Å²) in [6.45, 7) is 0. The molecule has 196 valence electrons. The Balaban J connectivity index is 1.27. The SMILES string of the molecule is O=C(CSc1nc2ccccc2nc1-c1ccccc1)N/N=c1\scc(-c2ccc(Cl)cc2)n1-c1ccccc1. The number of aromatic nitrogens is 3. The van der Waals surface area contributed by atoms with Gasteiger partial charge in [0.1, 0.15) is 10.7 Å². The molecule has 6 aromatic rings. The average molecular weight is 580 g/mol. The van der Waals surface area contributed by atoms with Gasteiger partial charge in [0, 0.05) is 21.7 Å². The molecule has 40 heavy (non-hydrogen) atoms. The van der Waals surface area contributed by atoms with Gasteiger partial charge < -0.3 is 0 Å². The molecular formula is C31H22ClN5OS2. The highest BCUT2D eigenvalue weighted by atomic mass is 35.5. The molecule has 1 amide bonds. The lowest BCUT2D eigenvalue weighted by Crippen LogP contribution is -2.25. The van der Waals surface area contributed by atoms with E-state index in [1.807, 2.05) is 119 Å². The third-order valence-electron chi connectivity index (χ3n) is 6.06. The second-order valence-electron chi connectivity index (χ2n) is 8.75. The summed E-state index contributed by atoms with van der Waals surface area (Å²) in [6.07, 6.45) is 0. The predicted octanol–water partition coefficient (Wildman–Crippen LogP) is 7.19. The number of para-hydroxylation sites is 3. The molecule has 0 radical (unpaired) electrons. The Morgan fingerprint density at radius 1 is 0.825 bits per heavy atom. The minimum atomic E-state index is -0.236. The van der Waals surface area contributed by atoms with Crippen molar-refractivity contribution in [1.29, 1.82) is 0 Å². The standard InChI is InChI=1S/C31H22ClN5OS2/c32-23-17-15-21(16-18-23)27-19-40-31(37(27)24-11-5-2-6-12-24)36-35-28(38)20-39-30-29(22-9-3-1-4-10-22)33-25-13-7-8-14-26(25)34-30/h1-19H,20H2,(H,35,38)/b36-31-. The Bertz CT molecular complexity index is 1850. The van der Waals surface area contributed by atoms with Gasteiger partial charge in [0.15, 0.2) is 0 Å². The topological polar surface area (TPSA) is 72.2 Å². The van der Waals surface area contributed by atoms with E-state index in [4.69, 9.17) is 21.6 Å². The molecule has 0 spiro atoms. The molecule has 0 atom stereocenters. The number of rotatable bonds is 7. The molecule has 1 N–H and O–H groups in total. The highest BCUT2D eigenvalue weighted by molar-refractivity contribution is 8.00. The Kier molecular flexibility index (Phi) is 7.72. The maximum atomic E-state index is 13.0. The van der Waals surface area contributed by atoms with E-state index in [0.29, 0.717) is 14.8 Å². The fraction of sp³-hybridized carbons (Fsp3) is 0.0323. The number of nitrogens with zero attached hydrogens (tertiary/aromatic N) is 4. The van der Waals surface area contributed by atoms with Gasteiger partial charge in [-0.1, -0.05) is 96.2 Å². The highest BCUT2D eigenvalue weighted by Crippen LogP contribution is 2.30. The van der Waals surface area contributed by atoms with Gasteiger partial charge in [-0.3, -0.25) is 9.36 Å². The molecular weight excluding hydrogens is 558 g/mol. The van der Waals surface area contributed by atoms with Crippen LogP contribution in [0.1, 0.15) is 0 Å². The van der Waals surface area contributed by atoms with Crippen molar-refractivity contribution in [2.75, 3.05) is 5.75 Å². The van der Waals surface area contributed by atoms with E-state index in [9.17, 15) is 4.79 Å². The van der Waals surface area contributed by atoms with Crippen molar-refractivity contribution in [3.8, 4) is 28.2 Å². The Morgan fingerprint density at radius 2 is 1.48 bits per heavy atom. The second kappa shape index (κ2) is 11.9. The number of amides is 1. The zero-order valence-electron chi connectivity index (χ0n) is 21.1. The summed E-state index contributed by atoms with van der Waals surface area (Å²) in [5.74, 6) is -0.100. The number of halogens is 1. The van der Waals surface area contributed by atoms with Gasteiger partial charge in [-0.15, -0.1) is 16.4 Å². The number of carbonyl (C=O) groups is 1. The van der Waals surface area contributed by atoms with Crippen molar-refractivity contribution >= 4 is 51.6 Å². The van der Waals surface area contributed by atoms with E-state index in [2.05, 4.69) is 10.5 Å². The van der Waals surface area contributed by atoms with Gasteiger partial charge in [0.2, 0.25) is 4.80 Å². The van der Waals surface area contributed by atoms with E-state index in [-0.39, 0.29) is 11.7 Å². The number of benzene rings is 4. The number of hydrogen-bond acceptors (Lipinski definition) is 6. The van der Waals surface area contributed by atoms with Crippen molar-refractivity contribution in [3.05, 3.63) is 124 Å². The van der Waals surface area contributed by atoms with Crippen LogP contribution in [0, 0.1) is 0 Å². The first-order valence-electron chi connectivity index (χ1n) is 12.5. The summed E-state index contributed by atoms with van der Waals surface area (Å²) in [7, 11) is 0. The van der Waals surface area contributed by atoms with Crippen molar-refractivity contribution in [3.63, 3.8) is 0 Å². The lowest BCUT2D eigenvalue weighted by Gasteiger charge is -2.10. The van der Waals surface area contributed by atoms with Crippen molar-refractivity contribution < 1.29 is 4.79 Å². The monoisotopic (exact) mass is 579 g/mol. The van der Waals surface area contributed by atoms with Crippen LogP contribution in [-0.2, 0) is 4.79 Å². The minimum Gasteiger partial charge on any atom is -0.284 e. The molecule has 0 saturated heterocycles. The van der Waals surface area contributed by atoms with Crippen LogP contribution in [0.15, 0.2) is 125 Å². The van der Waals surface area contributed by atoms with Crippen LogP contribution in [0.25, 0.3) is 39.2 Å². The molecule has 0 aliphatic carbocycles. The zero-order valence-corrected chi connectivity index (χ0v) is 23.5. The van der Waals surface area contributed by atoms with Crippen LogP contribution in [0.2, 0.25) is 5.02 Å². The number of thiazole rings is 1. The first-order chi connectivity index (χ1) is 19.7. The van der Waals surface area contributed by atoms with E-state index >= 15 is 0 Å². The molecule has 4 aromatic carbocycles. The third kappa shape index (κ3) is 5.70. The molecule has 0 bridgehead atoms. The normalized spacial score (nSPS) is 11.6. The molecule has 0 aliphatic heterocycles. The number of thioether (sulfide) groups is 1. The second-order valence-corrected chi connectivity index (χ2v) is 11.0. The van der Waals surface area contributed by atoms with Crippen molar-refractivity contribution in [2.24, 2.45) is 5.10 Å². The summed E-state index contributed by atoms with van der Waals surface area (Å²) >= 11 is 8.90. The van der Waals surface area contributed by atoms with Gasteiger partial charge >= 0.3 is 0 Å². The number of hydrogen-bond donors (Lipinski definition) is 1. The molecule has 0 unspecified atom stereocenters. The average Bonchev–Trinajstić information content (AvgIpc) is 3.43. The zero-order chi connectivity index (χ0) is 27.3. The smallest absolute Gasteiger partial charge is 0.250 e. The molecule has 6 nitrogen and oxygen atoms in total. The summed E-state index contributed by atoms with van der Waals surface area (Å²) in [5, 5.41) is 7.88. The van der Waals surface area contributed by atoms with Crippen LogP contribution < -0.4 is 10.2 Å². The maximum absolute atomic E-state index is 13.0. The van der Waals surface area contributed by atoms with Gasteiger partial charge in [0.25, 0.3) is 5.91 Å². The summed E-state index contributed by atoms with van der Waals surface area (Å²) in [6, 6.07) is 35.2. The van der Waals surface area contributed by atoms with Crippen LogP contribution in [-0.4, -0.2) is 26.2 Å². The van der Waals surface area contributed by atoms with E-state index in [1.54, 1.807) is 0 Å². The van der Waals surface area contributed by atoms with E-state index < -0.39 is 0 Å². The van der Waals surface area contributed by atoms with Crippen LogP contribution in [0.5, 0.6) is 0 Å². The molecule has 0 aliphatic rings. The molecule has 9 heteroatoms. The maximum Gasteiger partial charge on any atom is 0.250 e. The first kappa shape index (κ1) is 26.0. The predicted molar refractivity (Wildman–Crippen MR) is 163 cm³/mol. The number of carbonyl (C=O) groups excluding carboxylic acids is 1. The van der Waals surface area contributed by atoms with Crippen LogP contribution in [0.4, 0.5) is 0 Å². The highest BCUT2D eigenvalue weighted by Gasteiger charge is 2.14. The molecule has 2 aromatic heterocycles. The molecule has 0 saturated carbocycles. The van der Waals surface area contributed by atoms with Crippen LogP contribution >= 0.6 is 34.7 Å². The van der Waals surface area contributed by atoms with E-state index in [1.165, 1.54) is 23.1 Å². The number of nitrogens with one attached hydrogen (secondary N) is 1. The van der Waals surface area contributed by atoms with Crippen molar-refractivity contribution in [2.45, 2.75) is 5.03 Å². The lowest BCUT2D eigenvalue weighted by molar-refractivity contribution is -0.118. The van der Waals surface area contributed by atoms with Gasteiger partial charge in [0.05, 0.1) is 22.5 Å². The minimum absolute atomic E-state index is 0.136. The summed E-state index contributed by atoms with van der Waals surface area (Å²) in [5.41, 5.74) is 8.92. The van der Waals surface area contributed by atoms with Gasteiger partial charge in [-0.2, -0.15) is 0 Å². The van der Waals surface area contributed by atoms with E-state index in [0.717, 1.165) is 39.2 Å². The fourth-order valence-electron chi connectivity index (χ4n) is 4.18. The fourth-order valence-corrected chi connectivity index (χ4v) is 5.97. The largest absolute Gasteiger partial charge is 0.284 e. The third-order valence-corrected chi connectivity index (χ3v) is 8.11. The molecule has 0 fully saturated rings. The van der Waals surface area contributed by atoms with Gasteiger partial charge in [-0.05, 0) is 42.0 Å².